The van der Waals surface area contributed by atoms with Gasteiger partial charge in [0, 0.05) is 19.6 Å². The molecule has 1 amide bonds. The maximum atomic E-state index is 12.6. The van der Waals surface area contributed by atoms with E-state index in [2.05, 4.69) is 4.90 Å². The average molecular weight is 445 g/mol. The van der Waals surface area contributed by atoms with Crippen LogP contribution in [0.4, 0.5) is 0 Å². The smallest absolute Gasteiger partial charge is 0.269 e. The van der Waals surface area contributed by atoms with Crippen molar-refractivity contribution >= 4 is 15.9 Å². The van der Waals surface area contributed by atoms with Crippen LogP contribution in [0.1, 0.15) is 36.0 Å². The summed E-state index contributed by atoms with van der Waals surface area (Å²) in [6.45, 7) is 3.07. The molecule has 1 unspecified atom stereocenters. The van der Waals surface area contributed by atoms with E-state index in [0.29, 0.717) is 6.42 Å². The van der Waals surface area contributed by atoms with Crippen LogP contribution in [-0.2, 0) is 10.0 Å². The maximum Gasteiger partial charge on any atom is 0.269 e. The Morgan fingerprint density at radius 2 is 1.68 bits per heavy atom. The Balaban J connectivity index is 1.17. The van der Waals surface area contributed by atoms with Crippen LogP contribution in [0.5, 0.6) is 11.5 Å². The summed E-state index contributed by atoms with van der Waals surface area (Å²) in [5.74, 6) is 1.26. The van der Waals surface area contributed by atoms with Gasteiger partial charge < -0.3 is 9.47 Å². The molecule has 2 aliphatic heterocycles. The zero-order chi connectivity index (χ0) is 21.8. The Kier molecular flexibility index (Phi) is 6.48. The molecule has 7 nitrogen and oxygen atoms in total. The van der Waals surface area contributed by atoms with E-state index < -0.39 is 15.9 Å². The largest absolute Gasteiger partial charge is 0.497 e. The fraction of sp³-hybridized carbons (Fsp3) is 0.435. The third-order valence-corrected chi connectivity index (χ3v) is 7.68. The fourth-order valence-corrected chi connectivity index (χ4v) is 5.77. The van der Waals surface area contributed by atoms with Gasteiger partial charge in [-0.25, -0.2) is 12.7 Å². The first kappa shape index (κ1) is 21.6. The molecule has 0 spiro atoms. The minimum Gasteiger partial charge on any atom is -0.497 e. The molecule has 4 rings (SSSR count). The van der Waals surface area contributed by atoms with Gasteiger partial charge >= 0.3 is 0 Å². The normalized spacial score (nSPS) is 20.1. The second kappa shape index (κ2) is 9.28. The summed E-state index contributed by atoms with van der Waals surface area (Å²) in [6.07, 6.45) is 3.67. The number of carbonyl (C=O) groups excluding carboxylic acids is 1. The zero-order valence-corrected chi connectivity index (χ0v) is 18.5. The van der Waals surface area contributed by atoms with Crippen molar-refractivity contribution in [3.05, 3.63) is 54.1 Å². The molecular weight excluding hydrogens is 416 g/mol. The molecule has 1 saturated heterocycles. The van der Waals surface area contributed by atoms with Gasteiger partial charge in [-0.3, -0.25) is 9.69 Å². The van der Waals surface area contributed by atoms with Gasteiger partial charge in [-0.05, 0) is 62.2 Å². The van der Waals surface area contributed by atoms with Crippen LogP contribution in [0.15, 0.2) is 53.4 Å². The lowest BCUT2D eigenvalue weighted by Gasteiger charge is -2.18. The SMILES string of the molecule is COc1ccc(OC2CCN(CCCCCN3C(=O)c4ccccc4S3(=O)=O)C2)cc1. The first-order valence-corrected chi connectivity index (χ1v) is 12.1. The summed E-state index contributed by atoms with van der Waals surface area (Å²) in [7, 11) is -2.05. The molecule has 0 N–H and O–H groups in total. The number of methoxy groups -OCH3 is 1. The number of benzene rings is 2. The van der Waals surface area contributed by atoms with E-state index in [-0.39, 0.29) is 23.1 Å². The highest BCUT2D eigenvalue weighted by Crippen LogP contribution is 2.30. The summed E-state index contributed by atoms with van der Waals surface area (Å²) in [6, 6.07) is 14.1. The summed E-state index contributed by atoms with van der Waals surface area (Å²) in [5, 5.41) is 0. The van der Waals surface area contributed by atoms with Gasteiger partial charge in [0.15, 0.2) is 0 Å². The summed E-state index contributed by atoms with van der Waals surface area (Å²) >= 11 is 0. The van der Waals surface area contributed by atoms with Crippen molar-refractivity contribution in [2.75, 3.05) is 33.3 Å². The molecule has 0 aromatic heterocycles. The van der Waals surface area contributed by atoms with Crippen molar-refractivity contribution in [1.29, 1.82) is 0 Å². The highest BCUT2D eigenvalue weighted by Gasteiger charge is 2.40. The molecule has 2 aromatic rings. The number of fused-ring (bicyclic) bond motifs is 1. The summed E-state index contributed by atoms with van der Waals surface area (Å²) < 4.78 is 37.4. The number of sulfonamides is 1. The highest BCUT2D eigenvalue weighted by atomic mass is 32.2. The Hall–Kier alpha value is -2.58. The van der Waals surface area contributed by atoms with E-state index in [9.17, 15) is 13.2 Å². The molecule has 8 heteroatoms. The van der Waals surface area contributed by atoms with Gasteiger partial charge in [0.05, 0.1) is 12.7 Å². The van der Waals surface area contributed by atoms with Gasteiger partial charge in [0.1, 0.15) is 22.5 Å². The van der Waals surface area contributed by atoms with Crippen LogP contribution in [0.2, 0.25) is 0 Å². The van der Waals surface area contributed by atoms with Gasteiger partial charge in [-0.15, -0.1) is 0 Å². The quantitative estimate of drug-likeness (QED) is 0.553. The van der Waals surface area contributed by atoms with Crippen LogP contribution < -0.4 is 9.47 Å². The number of rotatable bonds is 9. The van der Waals surface area contributed by atoms with Crippen LogP contribution in [-0.4, -0.2) is 62.9 Å². The number of hydrogen-bond donors (Lipinski definition) is 0. The number of carbonyl (C=O) groups is 1. The number of amides is 1. The van der Waals surface area contributed by atoms with Crippen molar-refractivity contribution in [3.8, 4) is 11.5 Å². The molecule has 1 fully saturated rings. The Bertz CT molecular complexity index is 1020. The predicted molar refractivity (Wildman–Crippen MR) is 117 cm³/mol. The fourth-order valence-electron chi connectivity index (χ4n) is 4.16. The molecule has 0 radical (unpaired) electrons. The molecular formula is C23H28N2O5S. The lowest BCUT2D eigenvalue weighted by Crippen LogP contribution is -2.31. The minimum absolute atomic E-state index is 0.125. The van der Waals surface area contributed by atoms with E-state index in [0.717, 1.165) is 54.7 Å². The standard InChI is InChI=1S/C23H28N2O5S/c1-29-18-9-11-19(12-10-18)30-20-13-16-24(17-20)14-5-2-6-15-25-23(26)21-7-3-4-8-22(21)31(25,27)28/h3-4,7-12,20H,2,5-6,13-17H2,1H3. The first-order valence-electron chi connectivity index (χ1n) is 10.7. The van der Waals surface area contributed by atoms with Gasteiger partial charge in [0.2, 0.25) is 0 Å². The summed E-state index contributed by atoms with van der Waals surface area (Å²) in [4.78, 5) is 14.9. The molecule has 2 heterocycles. The van der Waals surface area contributed by atoms with E-state index in [4.69, 9.17) is 9.47 Å². The first-order chi connectivity index (χ1) is 15.0. The van der Waals surface area contributed by atoms with Gasteiger partial charge in [0.25, 0.3) is 15.9 Å². The molecule has 1 atom stereocenters. The number of unbranched alkanes of at least 4 members (excludes halogenated alkanes) is 2. The second-order valence-electron chi connectivity index (χ2n) is 7.94. The van der Waals surface area contributed by atoms with E-state index in [1.54, 1.807) is 25.3 Å². The molecule has 0 bridgehead atoms. The Morgan fingerprint density at radius 1 is 0.968 bits per heavy atom. The van der Waals surface area contributed by atoms with Crippen LogP contribution in [0.3, 0.4) is 0 Å². The van der Waals surface area contributed by atoms with Crippen LogP contribution >= 0.6 is 0 Å². The minimum atomic E-state index is -3.69. The highest BCUT2D eigenvalue weighted by molar-refractivity contribution is 7.90. The predicted octanol–water partition coefficient (Wildman–Crippen LogP) is 3.16. The maximum absolute atomic E-state index is 12.6. The van der Waals surface area contributed by atoms with Crippen molar-refractivity contribution < 1.29 is 22.7 Å². The third-order valence-electron chi connectivity index (χ3n) is 5.84. The second-order valence-corrected chi connectivity index (χ2v) is 9.77. The molecule has 31 heavy (non-hydrogen) atoms. The van der Waals surface area contributed by atoms with Crippen LogP contribution in [0.25, 0.3) is 0 Å². The van der Waals surface area contributed by atoms with E-state index >= 15 is 0 Å². The number of ether oxygens (including phenoxy) is 2. The van der Waals surface area contributed by atoms with E-state index in [1.165, 1.54) is 6.07 Å². The van der Waals surface area contributed by atoms with Gasteiger partial charge in [-0.1, -0.05) is 18.6 Å². The van der Waals surface area contributed by atoms with E-state index in [1.807, 2.05) is 24.3 Å². The molecule has 0 saturated carbocycles. The number of nitrogens with zero attached hydrogens (tertiary/aromatic N) is 2. The zero-order valence-electron chi connectivity index (χ0n) is 17.7. The van der Waals surface area contributed by atoms with Crippen molar-refractivity contribution in [3.63, 3.8) is 0 Å². The lowest BCUT2D eigenvalue weighted by molar-refractivity contribution is 0.0869. The topological polar surface area (TPSA) is 76.2 Å². The molecule has 2 aromatic carbocycles. The van der Waals surface area contributed by atoms with Crippen molar-refractivity contribution in [2.45, 2.75) is 36.7 Å². The molecule has 2 aliphatic rings. The lowest BCUT2D eigenvalue weighted by atomic mass is 10.2. The van der Waals surface area contributed by atoms with Crippen LogP contribution in [0, 0.1) is 0 Å². The number of hydrogen-bond acceptors (Lipinski definition) is 6. The monoisotopic (exact) mass is 444 g/mol. The van der Waals surface area contributed by atoms with Gasteiger partial charge in [-0.2, -0.15) is 0 Å². The Labute approximate surface area is 183 Å². The third kappa shape index (κ3) is 4.70. The number of likely N-dealkylation sites (tertiary alicyclic amines) is 1. The average Bonchev–Trinajstić information content (AvgIpc) is 3.30. The Morgan fingerprint density at radius 3 is 2.42 bits per heavy atom. The molecule has 166 valence electrons. The molecule has 0 aliphatic carbocycles. The van der Waals surface area contributed by atoms with Crippen molar-refractivity contribution in [2.24, 2.45) is 0 Å². The van der Waals surface area contributed by atoms with Crippen molar-refractivity contribution in [1.82, 2.24) is 9.21 Å². The summed E-state index contributed by atoms with van der Waals surface area (Å²) in [5.41, 5.74) is 0.280.